The fraction of sp³-hybridized carbons (Fsp3) is 0.273. The molecule has 1 aromatic carbocycles. The first-order valence-electron chi connectivity index (χ1n) is 5.21. The number of nitrogen functional groups attached to an aromatic ring is 1. The van der Waals surface area contributed by atoms with Crippen molar-refractivity contribution >= 4 is 22.9 Å². The summed E-state index contributed by atoms with van der Waals surface area (Å²) >= 11 is 0. The lowest BCUT2D eigenvalue weighted by Crippen LogP contribution is -2.18. The van der Waals surface area contributed by atoms with Gasteiger partial charge in [0.05, 0.1) is 5.52 Å². The minimum absolute atomic E-state index is 0.131. The zero-order valence-corrected chi connectivity index (χ0v) is 9.35. The Bertz CT molecular complexity index is 578. The molecule has 0 aliphatic heterocycles. The van der Waals surface area contributed by atoms with Gasteiger partial charge in [-0.05, 0) is 19.1 Å². The van der Waals surface area contributed by atoms with Gasteiger partial charge >= 0.3 is 0 Å². The van der Waals surface area contributed by atoms with Gasteiger partial charge in [0.25, 0.3) is 0 Å². The van der Waals surface area contributed by atoms with Crippen LogP contribution in [0.1, 0.15) is 19.4 Å². The lowest BCUT2D eigenvalue weighted by molar-refractivity contribution is -0.118. The van der Waals surface area contributed by atoms with Gasteiger partial charge in [0.15, 0.2) is 5.82 Å². The summed E-state index contributed by atoms with van der Waals surface area (Å²) in [5.41, 5.74) is 11.6. The predicted molar refractivity (Wildman–Crippen MR) is 62.6 cm³/mol. The molecule has 1 unspecified atom stereocenters. The van der Waals surface area contributed by atoms with Crippen molar-refractivity contribution < 1.29 is 9.18 Å². The van der Waals surface area contributed by atoms with Crippen molar-refractivity contribution in [2.75, 3.05) is 5.73 Å². The first kappa shape index (κ1) is 11.4. The van der Waals surface area contributed by atoms with Crippen LogP contribution in [0.3, 0.4) is 0 Å². The molecule has 0 saturated carbocycles. The molecule has 0 bridgehead atoms. The molecule has 0 aliphatic rings. The van der Waals surface area contributed by atoms with Crippen LogP contribution in [0.4, 0.5) is 10.3 Å². The summed E-state index contributed by atoms with van der Waals surface area (Å²) in [4.78, 5) is 14.8. The molecule has 1 heterocycles. The molecule has 1 amide bonds. The summed E-state index contributed by atoms with van der Waals surface area (Å²) in [6.45, 7) is 1.78. The number of nitrogens with zero attached hydrogens (tertiary/aromatic N) is 2. The Balaban J connectivity index is 2.57. The molecule has 6 heteroatoms. The first-order valence-corrected chi connectivity index (χ1v) is 5.21. The number of carbonyl (C=O) groups is 1. The molecule has 1 aromatic heterocycles. The van der Waals surface area contributed by atoms with Crippen LogP contribution in [0.25, 0.3) is 11.0 Å². The third-order valence-electron chi connectivity index (χ3n) is 2.64. The monoisotopic (exact) mass is 236 g/mol. The van der Waals surface area contributed by atoms with Gasteiger partial charge in [0.1, 0.15) is 5.52 Å². The lowest BCUT2D eigenvalue weighted by atomic mass is 10.2. The van der Waals surface area contributed by atoms with Crippen molar-refractivity contribution in [3.05, 3.63) is 24.0 Å². The van der Waals surface area contributed by atoms with Crippen LogP contribution in [0.2, 0.25) is 0 Å². The second-order valence-corrected chi connectivity index (χ2v) is 3.97. The highest BCUT2D eigenvalue weighted by Gasteiger charge is 2.17. The zero-order valence-electron chi connectivity index (χ0n) is 9.35. The molecule has 2 aromatic rings. The van der Waals surface area contributed by atoms with E-state index in [-0.39, 0.29) is 23.9 Å². The van der Waals surface area contributed by atoms with Crippen molar-refractivity contribution in [1.82, 2.24) is 9.55 Å². The number of aromatic nitrogens is 2. The van der Waals surface area contributed by atoms with E-state index in [0.717, 1.165) is 0 Å². The molecule has 0 fully saturated rings. The summed E-state index contributed by atoms with van der Waals surface area (Å²) in [6, 6.07) is 4.35. The van der Waals surface area contributed by atoms with Crippen LogP contribution in [-0.2, 0) is 4.79 Å². The van der Waals surface area contributed by atoms with Gasteiger partial charge in [-0.15, -0.1) is 0 Å². The van der Waals surface area contributed by atoms with Crippen molar-refractivity contribution in [3.63, 3.8) is 0 Å². The van der Waals surface area contributed by atoms with E-state index in [1.54, 1.807) is 23.6 Å². The van der Waals surface area contributed by atoms with Crippen molar-refractivity contribution in [1.29, 1.82) is 0 Å². The summed E-state index contributed by atoms with van der Waals surface area (Å²) in [6.07, 6.45) is 0.131. The van der Waals surface area contributed by atoms with E-state index in [2.05, 4.69) is 4.98 Å². The molecule has 1 atom stereocenters. The van der Waals surface area contributed by atoms with Crippen LogP contribution in [0.15, 0.2) is 18.2 Å². The number of imidazole rings is 1. The molecule has 0 aliphatic carbocycles. The SMILES string of the molecule is CC(CC(N)=O)n1c(N)nc2c(F)cccc21. The van der Waals surface area contributed by atoms with E-state index in [1.165, 1.54) is 6.07 Å². The van der Waals surface area contributed by atoms with Gasteiger partial charge in [0.2, 0.25) is 11.9 Å². The van der Waals surface area contributed by atoms with Gasteiger partial charge in [-0.25, -0.2) is 9.37 Å². The Kier molecular flexibility index (Phi) is 2.71. The number of hydrogen-bond acceptors (Lipinski definition) is 3. The Labute approximate surface area is 97.2 Å². The molecule has 0 spiro atoms. The predicted octanol–water partition coefficient (Wildman–Crippen LogP) is 1.19. The number of benzene rings is 1. The van der Waals surface area contributed by atoms with E-state index >= 15 is 0 Å². The standard InChI is InChI=1S/C11H13FN4O/c1-6(5-9(13)17)16-8-4-2-3-7(12)10(8)15-11(16)14/h2-4,6H,5H2,1H3,(H2,13,17)(H2,14,15). The second-order valence-electron chi connectivity index (χ2n) is 3.97. The van der Waals surface area contributed by atoms with E-state index in [0.29, 0.717) is 5.52 Å². The number of para-hydroxylation sites is 1. The topological polar surface area (TPSA) is 86.9 Å². The Morgan fingerprint density at radius 3 is 2.94 bits per heavy atom. The van der Waals surface area contributed by atoms with Crippen LogP contribution in [0, 0.1) is 5.82 Å². The number of anilines is 1. The maximum Gasteiger partial charge on any atom is 0.219 e. The normalized spacial score (nSPS) is 12.8. The molecule has 5 nitrogen and oxygen atoms in total. The highest BCUT2D eigenvalue weighted by Crippen LogP contribution is 2.25. The van der Waals surface area contributed by atoms with Crippen molar-refractivity contribution in [3.8, 4) is 0 Å². The maximum absolute atomic E-state index is 13.5. The molecule has 90 valence electrons. The Morgan fingerprint density at radius 2 is 2.29 bits per heavy atom. The largest absolute Gasteiger partial charge is 0.370 e. The Hall–Kier alpha value is -2.11. The number of nitrogens with two attached hydrogens (primary N) is 2. The average Bonchev–Trinajstić information content (AvgIpc) is 2.55. The van der Waals surface area contributed by atoms with Gasteiger partial charge in [-0.3, -0.25) is 4.79 Å². The van der Waals surface area contributed by atoms with E-state index < -0.39 is 11.7 Å². The van der Waals surface area contributed by atoms with Crippen molar-refractivity contribution in [2.24, 2.45) is 5.73 Å². The number of fused-ring (bicyclic) bond motifs is 1. The maximum atomic E-state index is 13.5. The lowest BCUT2D eigenvalue weighted by Gasteiger charge is -2.13. The third kappa shape index (κ3) is 1.93. The molecule has 2 rings (SSSR count). The van der Waals surface area contributed by atoms with E-state index in [1.807, 2.05) is 0 Å². The number of carbonyl (C=O) groups excluding carboxylic acids is 1. The summed E-state index contributed by atoms with van der Waals surface area (Å²) < 4.78 is 15.1. The van der Waals surface area contributed by atoms with Gasteiger partial charge in [-0.1, -0.05) is 6.07 Å². The van der Waals surface area contributed by atoms with Crippen LogP contribution >= 0.6 is 0 Å². The molecule has 4 N–H and O–H groups in total. The van der Waals surface area contributed by atoms with Gasteiger partial charge < -0.3 is 16.0 Å². The van der Waals surface area contributed by atoms with E-state index in [9.17, 15) is 9.18 Å². The van der Waals surface area contributed by atoms with Crippen LogP contribution in [-0.4, -0.2) is 15.5 Å². The quantitative estimate of drug-likeness (QED) is 0.839. The summed E-state index contributed by atoms with van der Waals surface area (Å²) in [5.74, 6) is -0.687. The molecule has 17 heavy (non-hydrogen) atoms. The van der Waals surface area contributed by atoms with Crippen LogP contribution < -0.4 is 11.5 Å². The minimum Gasteiger partial charge on any atom is -0.370 e. The van der Waals surface area contributed by atoms with Gasteiger partial charge in [-0.2, -0.15) is 0 Å². The highest BCUT2D eigenvalue weighted by atomic mass is 19.1. The van der Waals surface area contributed by atoms with Crippen molar-refractivity contribution in [2.45, 2.75) is 19.4 Å². The fourth-order valence-electron chi connectivity index (χ4n) is 1.95. The molecule has 0 radical (unpaired) electrons. The number of halogens is 1. The summed E-state index contributed by atoms with van der Waals surface area (Å²) in [7, 11) is 0. The Morgan fingerprint density at radius 1 is 1.59 bits per heavy atom. The average molecular weight is 236 g/mol. The number of amides is 1. The zero-order chi connectivity index (χ0) is 12.6. The minimum atomic E-state index is -0.435. The van der Waals surface area contributed by atoms with E-state index in [4.69, 9.17) is 11.5 Å². The number of hydrogen-bond donors (Lipinski definition) is 2. The first-order chi connectivity index (χ1) is 8.00. The highest BCUT2D eigenvalue weighted by molar-refractivity contribution is 5.80. The summed E-state index contributed by atoms with van der Waals surface area (Å²) in [5, 5.41) is 0. The second kappa shape index (κ2) is 4.04. The van der Waals surface area contributed by atoms with Crippen LogP contribution in [0.5, 0.6) is 0 Å². The smallest absolute Gasteiger partial charge is 0.219 e. The third-order valence-corrected chi connectivity index (χ3v) is 2.64. The number of rotatable bonds is 3. The van der Waals surface area contributed by atoms with Gasteiger partial charge in [0, 0.05) is 12.5 Å². The molecular formula is C11H13FN4O. The molecular weight excluding hydrogens is 223 g/mol. The fourth-order valence-corrected chi connectivity index (χ4v) is 1.95. The molecule has 0 saturated heterocycles. The number of primary amides is 1.